The van der Waals surface area contributed by atoms with Gasteiger partial charge in [0.1, 0.15) is 5.75 Å². The molecule has 34 heavy (non-hydrogen) atoms. The first kappa shape index (κ1) is 21.3. The van der Waals surface area contributed by atoms with Crippen molar-refractivity contribution in [1.29, 1.82) is 0 Å². The van der Waals surface area contributed by atoms with Crippen molar-refractivity contribution in [3.63, 3.8) is 0 Å². The predicted molar refractivity (Wildman–Crippen MR) is 124 cm³/mol. The molecule has 0 saturated carbocycles. The van der Waals surface area contributed by atoms with Crippen LogP contribution in [0, 0.1) is 5.82 Å². The Morgan fingerprint density at radius 2 is 1.91 bits per heavy atom. The van der Waals surface area contributed by atoms with Crippen LogP contribution in [0.3, 0.4) is 0 Å². The highest BCUT2D eigenvalue weighted by molar-refractivity contribution is 6.05. The number of nitrogens with one attached hydrogen (secondary N) is 1. The largest absolute Gasteiger partial charge is 0.496 e. The van der Waals surface area contributed by atoms with Crippen LogP contribution in [-0.2, 0) is 14.1 Å². The molecule has 4 aromatic heterocycles. The monoisotopic (exact) mass is 461 g/mol. The Labute approximate surface area is 192 Å². The summed E-state index contributed by atoms with van der Waals surface area (Å²) in [4.78, 5) is 33.7. The molecule has 0 fully saturated rings. The molecule has 4 heterocycles. The molecule has 172 valence electrons. The highest BCUT2D eigenvalue weighted by Gasteiger charge is 2.22. The first-order chi connectivity index (χ1) is 16.3. The first-order valence-electron chi connectivity index (χ1n) is 10.3. The van der Waals surface area contributed by atoms with Crippen LogP contribution < -0.4 is 15.7 Å². The minimum absolute atomic E-state index is 0.0483. The lowest BCUT2D eigenvalue weighted by Crippen LogP contribution is -2.23. The number of imidazole rings is 1. The Morgan fingerprint density at radius 3 is 2.56 bits per heavy atom. The molecule has 1 N–H and O–H groups in total. The Bertz CT molecular complexity index is 1670. The molecule has 0 atom stereocenters. The maximum absolute atomic E-state index is 15.2. The summed E-state index contributed by atoms with van der Waals surface area (Å²) in [6.07, 6.45) is 6.33. The second-order valence-electron chi connectivity index (χ2n) is 7.75. The van der Waals surface area contributed by atoms with Crippen molar-refractivity contribution in [1.82, 2.24) is 34.2 Å². The summed E-state index contributed by atoms with van der Waals surface area (Å²) in [7, 11) is 6.39. The average molecular weight is 461 g/mol. The molecule has 1 amide bonds. The molecule has 0 bridgehead atoms. The van der Waals surface area contributed by atoms with Gasteiger partial charge < -0.3 is 10.1 Å². The number of halogens is 1. The first-order valence-corrected chi connectivity index (χ1v) is 10.3. The second kappa shape index (κ2) is 7.80. The number of hydrogen-bond donors (Lipinski definition) is 1. The van der Waals surface area contributed by atoms with Gasteiger partial charge in [-0.05, 0) is 12.1 Å². The van der Waals surface area contributed by atoms with Crippen molar-refractivity contribution >= 4 is 27.8 Å². The van der Waals surface area contributed by atoms with Crippen molar-refractivity contribution in [2.24, 2.45) is 14.1 Å². The zero-order chi connectivity index (χ0) is 24.1. The Balaban J connectivity index is 1.86. The fraction of sp³-hybridized carbons (Fsp3) is 0.174. The lowest BCUT2D eigenvalue weighted by molar-refractivity contribution is 0.0962. The molecule has 0 aliphatic carbocycles. The van der Waals surface area contributed by atoms with Crippen LogP contribution in [0.2, 0.25) is 0 Å². The fourth-order valence-corrected chi connectivity index (χ4v) is 4.04. The fourth-order valence-electron chi connectivity index (χ4n) is 4.04. The normalized spacial score (nSPS) is 11.3. The van der Waals surface area contributed by atoms with Gasteiger partial charge >= 0.3 is 5.69 Å². The molecule has 0 radical (unpaired) electrons. The summed E-state index contributed by atoms with van der Waals surface area (Å²) in [6.45, 7) is 0. The Hall–Kier alpha value is -4.54. The van der Waals surface area contributed by atoms with Gasteiger partial charge in [-0.3, -0.25) is 19.0 Å². The number of pyridine rings is 2. The maximum Gasteiger partial charge on any atom is 0.334 e. The van der Waals surface area contributed by atoms with Crippen LogP contribution >= 0.6 is 0 Å². The van der Waals surface area contributed by atoms with Crippen molar-refractivity contribution < 1.29 is 13.9 Å². The number of aryl methyl sites for hydroxylation is 2. The maximum atomic E-state index is 15.2. The topological polar surface area (TPSA) is 109 Å². The van der Waals surface area contributed by atoms with E-state index in [1.54, 1.807) is 37.3 Å². The van der Waals surface area contributed by atoms with Gasteiger partial charge in [0.05, 0.1) is 41.6 Å². The lowest BCUT2D eigenvalue weighted by atomic mass is 10.0. The standard InChI is InChI=1S/C23H20FN7O3/c1-25-22(32)12-5-16(24)21(27-8-12)31-20-15-6-14(13-9-28-29(2)11-13)19(34-4)7-17(15)26-10-18(20)30(3)23(31)33/h5-11H,1-4H3,(H,25,32). The smallest absolute Gasteiger partial charge is 0.334 e. The predicted octanol–water partition coefficient (Wildman–Crippen LogP) is 2.18. The highest BCUT2D eigenvalue weighted by Crippen LogP contribution is 2.36. The minimum atomic E-state index is -0.804. The molecule has 11 heteroatoms. The summed E-state index contributed by atoms with van der Waals surface area (Å²) < 4.78 is 25.0. The van der Waals surface area contributed by atoms with E-state index in [9.17, 15) is 9.59 Å². The van der Waals surface area contributed by atoms with Gasteiger partial charge in [-0.2, -0.15) is 5.10 Å². The molecule has 5 aromatic rings. The zero-order valence-electron chi connectivity index (χ0n) is 18.8. The van der Waals surface area contributed by atoms with Gasteiger partial charge in [0.2, 0.25) is 0 Å². The van der Waals surface area contributed by atoms with Crippen molar-refractivity contribution in [3.05, 3.63) is 64.9 Å². The molecule has 10 nitrogen and oxygen atoms in total. The molecule has 0 aliphatic rings. The molecule has 0 aliphatic heterocycles. The van der Waals surface area contributed by atoms with Gasteiger partial charge in [0, 0.05) is 56.1 Å². The van der Waals surface area contributed by atoms with Gasteiger partial charge in [0.15, 0.2) is 11.6 Å². The molecular weight excluding hydrogens is 441 g/mol. The third-order valence-electron chi connectivity index (χ3n) is 5.74. The SMILES string of the molecule is CNC(=O)c1cnc(-n2c(=O)n(C)c3cnc4cc(OC)c(-c5cnn(C)c5)cc4c32)c(F)c1. The van der Waals surface area contributed by atoms with E-state index in [-0.39, 0.29) is 11.4 Å². The average Bonchev–Trinajstić information content (AvgIpc) is 3.38. The van der Waals surface area contributed by atoms with Crippen molar-refractivity contribution in [2.45, 2.75) is 0 Å². The lowest BCUT2D eigenvalue weighted by Gasteiger charge is -2.11. The summed E-state index contributed by atoms with van der Waals surface area (Å²) in [5.74, 6) is -0.918. The number of methoxy groups -OCH3 is 1. The van der Waals surface area contributed by atoms with Gasteiger partial charge in [-0.1, -0.05) is 0 Å². The highest BCUT2D eigenvalue weighted by atomic mass is 19.1. The van der Waals surface area contributed by atoms with E-state index >= 15 is 4.39 Å². The number of ether oxygens (including phenoxy) is 1. The number of nitrogens with zero attached hydrogens (tertiary/aromatic N) is 6. The van der Waals surface area contributed by atoms with Crippen LogP contribution in [0.5, 0.6) is 5.75 Å². The van der Waals surface area contributed by atoms with E-state index < -0.39 is 17.4 Å². The van der Waals surface area contributed by atoms with Crippen molar-refractivity contribution in [2.75, 3.05) is 14.2 Å². The van der Waals surface area contributed by atoms with Crippen LogP contribution in [0.15, 0.2) is 47.8 Å². The number of rotatable bonds is 4. The van der Waals surface area contributed by atoms with Crippen molar-refractivity contribution in [3.8, 4) is 22.7 Å². The van der Waals surface area contributed by atoms with E-state index in [1.807, 2.05) is 19.3 Å². The van der Waals surface area contributed by atoms with Crippen LogP contribution in [0.4, 0.5) is 4.39 Å². The number of amides is 1. The van der Waals surface area contributed by atoms with E-state index in [0.29, 0.717) is 27.7 Å². The molecule has 0 saturated heterocycles. The second-order valence-corrected chi connectivity index (χ2v) is 7.75. The molecular formula is C23H20FN7O3. The van der Waals surface area contributed by atoms with E-state index in [0.717, 1.165) is 17.2 Å². The van der Waals surface area contributed by atoms with Gasteiger partial charge in [-0.25, -0.2) is 18.7 Å². The quantitative estimate of drug-likeness (QED) is 0.440. The van der Waals surface area contributed by atoms with E-state index in [2.05, 4.69) is 20.4 Å². The zero-order valence-corrected chi connectivity index (χ0v) is 18.8. The number of fused-ring (bicyclic) bond motifs is 3. The summed E-state index contributed by atoms with van der Waals surface area (Å²) in [5.41, 5.74) is 2.58. The third-order valence-corrected chi connectivity index (χ3v) is 5.74. The number of benzene rings is 1. The van der Waals surface area contributed by atoms with Crippen LogP contribution in [0.25, 0.3) is 38.9 Å². The molecule has 0 spiro atoms. The van der Waals surface area contributed by atoms with Crippen LogP contribution in [-0.4, -0.2) is 48.9 Å². The van der Waals surface area contributed by atoms with E-state index in [1.165, 1.54) is 22.4 Å². The summed E-state index contributed by atoms with van der Waals surface area (Å²) in [6, 6.07) is 4.66. The van der Waals surface area contributed by atoms with Gasteiger partial charge in [-0.15, -0.1) is 0 Å². The number of carbonyl (C=O) groups is 1. The van der Waals surface area contributed by atoms with E-state index in [4.69, 9.17) is 4.74 Å². The third kappa shape index (κ3) is 3.12. The summed E-state index contributed by atoms with van der Waals surface area (Å²) >= 11 is 0. The molecule has 1 aromatic carbocycles. The van der Waals surface area contributed by atoms with Gasteiger partial charge in [0.25, 0.3) is 5.91 Å². The number of carbonyl (C=O) groups excluding carboxylic acids is 1. The number of aromatic nitrogens is 6. The Morgan fingerprint density at radius 1 is 1.12 bits per heavy atom. The summed E-state index contributed by atoms with van der Waals surface area (Å²) in [5, 5.41) is 7.26. The minimum Gasteiger partial charge on any atom is -0.496 e. The molecule has 0 unspecified atom stereocenters. The van der Waals surface area contributed by atoms with Crippen LogP contribution in [0.1, 0.15) is 10.4 Å². The molecule has 5 rings (SSSR count). The number of hydrogen-bond acceptors (Lipinski definition) is 6. The Kier molecular flexibility index (Phi) is 4.89.